The minimum atomic E-state index is -1.07. The SMILES string of the molecule is CCc1cc2c(=O)n(C(C)C(=O)O)c(-c3ccncc3)nc2s1. The molecule has 1 N–H and O–H groups in total. The maximum atomic E-state index is 12.8. The van der Waals surface area contributed by atoms with E-state index in [-0.39, 0.29) is 5.56 Å². The van der Waals surface area contributed by atoms with Crippen LogP contribution in [0.25, 0.3) is 21.6 Å². The number of pyridine rings is 1. The van der Waals surface area contributed by atoms with E-state index in [1.165, 1.54) is 22.8 Å². The van der Waals surface area contributed by atoms with E-state index in [4.69, 9.17) is 0 Å². The quantitative estimate of drug-likeness (QED) is 0.795. The number of nitrogens with zero attached hydrogens (tertiary/aromatic N) is 3. The second-order valence-electron chi connectivity index (χ2n) is 5.15. The third-order valence-corrected chi connectivity index (χ3v) is 4.85. The Labute approximate surface area is 136 Å². The zero-order valence-electron chi connectivity index (χ0n) is 12.7. The van der Waals surface area contributed by atoms with Crippen molar-refractivity contribution in [1.29, 1.82) is 0 Å². The van der Waals surface area contributed by atoms with Crippen LogP contribution in [0.5, 0.6) is 0 Å². The molecule has 3 heterocycles. The normalized spacial score (nSPS) is 12.4. The minimum absolute atomic E-state index is 0.326. The van der Waals surface area contributed by atoms with Gasteiger partial charge >= 0.3 is 5.97 Å². The summed E-state index contributed by atoms with van der Waals surface area (Å²) in [7, 11) is 0. The van der Waals surface area contributed by atoms with E-state index in [2.05, 4.69) is 9.97 Å². The number of aromatic nitrogens is 3. The molecule has 0 aromatic carbocycles. The number of rotatable bonds is 4. The Kier molecular flexibility index (Phi) is 3.96. The minimum Gasteiger partial charge on any atom is -0.480 e. The predicted octanol–water partition coefficient (Wildman–Crippen LogP) is 2.73. The van der Waals surface area contributed by atoms with Gasteiger partial charge in [-0.25, -0.2) is 9.78 Å². The van der Waals surface area contributed by atoms with Crippen LogP contribution in [0, 0.1) is 0 Å². The van der Waals surface area contributed by atoms with Gasteiger partial charge in [0.25, 0.3) is 5.56 Å². The van der Waals surface area contributed by atoms with Gasteiger partial charge in [0, 0.05) is 22.8 Å². The molecule has 0 aliphatic heterocycles. The molecular weight excluding hydrogens is 314 g/mol. The molecule has 0 saturated heterocycles. The first-order chi connectivity index (χ1) is 11.0. The zero-order chi connectivity index (χ0) is 16.6. The molecule has 0 bridgehead atoms. The van der Waals surface area contributed by atoms with Gasteiger partial charge < -0.3 is 5.11 Å². The summed E-state index contributed by atoms with van der Waals surface area (Å²) >= 11 is 1.46. The Balaban J connectivity index is 2.38. The van der Waals surface area contributed by atoms with Crippen molar-refractivity contribution in [2.24, 2.45) is 0 Å². The Morgan fingerprint density at radius 1 is 1.39 bits per heavy atom. The third kappa shape index (κ3) is 2.63. The highest BCUT2D eigenvalue weighted by Crippen LogP contribution is 2.26. The summed E-state index contributed by atoms with van der Waals surface area (Å²) in [5.41, 5.74) is 0.339. The summed E-state index contributed by atoms with van der Waals surface area (Å²) < 4.78 is 1.24. The summed E-state index contributed by atoms with van der Waals surface area (Å²) in [6, 6.07) is 4.23. The lowest BCUT2D eigenvalue weighted by atomic mass is 10.2. The van der Waals surface area contributed by atoms with E-state index >= 15 is 0 Å². The van der Waals surface area contributed by atoms with Crippen molar-refractivity contribution in [1.82, 2.24) is 14.5 Å². The Hall–Kier alpha value is -2.54. The van der Waals surface area contributed by atoms with Gasteiger partial charge in [-0.15, -0.1) is 11.3 Å². The van der Waals surface area contributed by atoms with Crippen LogP contribution in [0.2, 0.25) is 0 Å². The fourth-order valence-electron chi connectivity index (χ4n) is 2.39. The molecule has 0 amide bonds. The molecule has 0 spiro atoms. The van der Waals surface area contributed by atoms with E-state index in [1.807, 2.05) is 6.92 Å². The van der Waals surface area contributed by atoms with E-state index in [0.717, 1.165) is 11.3 Å². The molecule has 118 valence electrons. The molecular formula is C16H15N3O3S. The van der Waals surface area contributed by atoms with Gasteiger partial charge in [0.1, 0.15) is 16.7 Å². The molecule has 3 aromatic rings. The van der Waals surface area contributed by atoms with E-state index in [9.17, 15) is 14.7 Å². The molecule has 0 fully saturated rings. The van der Waals surface area contributed by atoms with Crippen LogP contribution in [0.3, 0.4) is 0 Å². The summed E-state index contributed by atoms with van der Waals surface area (Å²) in [5, 5.41) is 9.83. The molecule has 7 heteroatoms. The lowest BCUT2D eigenvalue weighted by Crippen LogP contribution is -2.30. The number of carboxylic acids is 1. The van der Waals surface area contributed by atoms with Gasteiger partial charge in [-0.3, -0.25) is 14.3 Å². The highest BCUT2D eigenvalue weighted by molar-refractivity contribution is 7.18. The molecule has 1 atom stereocenters. The van der Waals surface area contributed by atoms with Crippen molar-refractivity contribution >= 4 is 27.5 Å². The monoisotopic (exact) mass is 329 g/mol. The molecule has 0 aliphatic rings. The number of hydrogen-bond donors (Lipinski definition) is 1. The molecule has 1 unspecified atom stereocenters. The van der Waals surface area contributed by atoms with Crippen LogP contribution in [0.15, 0.2) is 35.4 Å². The van der Waals surface area contributed by atoms with Crippen LogP contribution in [0.1, 0.15) is 24.8 Å². The van der Waals surface area contributed by atoms with Crippen LogP contribution in [-0.2, 0) is 11.2 Å². The van der Waals surface area contributed by atoms with Crippen molar-refractivity contribution in [3.63, 3.8) is 0 Å². The third-order valence-electron chi connectivity index (χ3n) is 3.68. The second-order valence-corrected chi connectivity index (χ2v) is 6.26. The number of aryl methyl sites for hydroxylation is 1. The van der Waals surface area contributed by atoms with Crippen molar-refractivity contribution < 1.29 is 9.90 Å². The summed E-state index contributed by atoms with van der Waals surface area (Å²) in [4.78, 5) is 34.5. The number of hydrogen-bond acceptors (Lipinski definition) is 5. The molecule has 3 aromatic heterocycles. The van der Waals surface area contributed by atoms with Gasteiger partial charge in [0.15, 0.2) is 0 Å². The maximum absolute atomic E-state index is 12.8. The first kappa shape index (κ1) is 15.4. The topological polar surface area (TPSA) is 85.1 Å². The van der Waals surface area contributed by atoms with Crippen LogP contribution in [0.4, 0.5) is 0 Å². The smallest absolute Gasteiger partial charge is 0.326 e. The lowest BCUT2D eigenvalue weighted by molar-refractivity contribution is -0.140. The first-order valence-electron chi connectivity index (χ1n) is 7.21. The molecule has 0 saturated carbocycles. The Bertz CT molecular complexity index is 931. The first-order valence-corrected chi connectivity index (χ1v) is 8.02. The number of thiophene rings is 1. The van der Waals surface area contributed by atoms with E-state index < -0.39 is 12.0 Å². The summed E-state index contributed by atoms with van der Waals surface area (Å²) in [6.07, 6.45) is 3.99. The zero-order valence-corrected chi connectivity index (χ0v) is 13.5. The van der Waals surface area contributed by atoms with Crippen molar-refractivity contribution in [3.8, 4) is 11.4 Å². The molecule has 23 heavy (non-hydrogen) atoms. The highest BCUT2D eigenvalue weighted by atomic mass is 32.1. The predicted molar refractivity (Wildman–Crippen MR) is 88.8 cm³/mol. The highest BCUT2D eigenvalue weighted by Gasteiger charge is 2.22. The fourth-order valence-corrected chi connectivity index (χ4v) is 3.35. The van der Waals surface area contributed by atoms with Gasteiger partial charge in [0.05, 0.1) is 5.39 Å². The maximum Gasteiger partial charge on any atom is 0.326 e. The molecule has 0 radical (unpaired) electrons. The molecule has 6 nitrogen and oxygen atoms in total. The van der Waals surface area contributed by atoms with Crippen LogP contribution >= 0.6 is 11.3 Å². The van der Waals surface area contributed by atoms with Crippen LogP contribution in [-0.4, -0.2) is 25.6 Å². The number of carboxylic acid groups (broad SMARTS) is 1. The second kappa shape index (κ2) is 5.92. The van der Waals surface area contributed by atoms with Crippen molar-refractivity contribution in [2.45, 2.75) is 26.3 Å². The Morgan fingerprint density at radius 3 is 2.70 bits per heavy atom. The summed E-state index contributed by atoms with van der Waals surface area (Å²) in [5.74, 6) is -0.723. The van der Waals surface area contributed by atoms with Crippen molar-refractivity contribution in [3.05, 3.63) is 45.8 Å². The van der Waals surface area contributed by atoms with Crippen molar-refractivity contribution in [2.75, 3.05) is 0 Å². The van der Waals surface area contributed by atoms with Gasteiger partial charge in [-0.2, -0.15) is 0 Å². The molecule has 3 rings (SSSR count). The number of carbonyl (C=O) groups is 1. The van der Waals surface area contributed by atoms with Gasteiger partial charge in [-0.05, 0) is 31.5 Å². The largest absolute Gasteiger partial charge is 0.480 e. The van der Waals surface area contributed by atoms with Crippen LogP contribution < -0.4 is 5.56 Å². The summed E-state index contributed by atoms with van der Waals surface area (Å²) in [6.45, 7) is 3.49. The average Bonchev–Trinajstić information content (AvgIpc) is 2.98. The standard InChI is InChI=1S/C16H15N3O3S/c1-3-11-8-12-14(23-11)18-13(10-4-6-17-7-5-10)19(15(12)20)9(2)16(21)22/h4-9H,3H2,1-2H3,(H,21,22). The number of fused-ring (bicyclic) bond motifs is 1. The average molecular weight is 329 g/mol. The van der Waals surface area contributed by atoms with E-state index in [0.29, 0.717) is 21.6 Å². The number of aliphatic carboxylic acids is 1. The van der Waals surface area contributed by atoms with Gasteiger partial charge in [-0.1, -0.05) is 6.92 Å². The fraction of sp³-hybridized carbons (Fsp3) is 0.250. The lowest BCUT2D eigenvalue weighted by Gasteiger charge is -2.15. The molecule has 0 aliphatic carbocycles. The van der Waals surface area contributed by atoms with E-state index in [1.54, 1.807) is 30.6 Å². The Morgan fingerprint density at radius 2 is 2.09 bits per heavy atom. The van der Waals surface area contributed by atoms with Gasteiger partial charge in [0.2, 0.25) is 0 Å².